The van der Waals surface area contributed by atoms with Gasteiger partial charge in [0, 0.05) is 31.7 Å². The Hall–Kier alpha value is -1.36. The molecule has 124 valence electrons. The van der Waals surface area contributed by atoms with Gasteiger partial charge in [0.05, 0.1) is 5.69 Å². The predicted molar refractivity (Wildman–Crippen MR) is 88.6 cm³/mol. The van der Waals surface area contributed by atoms with Gasteiger partial charge in [0.2, 0.25) is 5.91 Å². The first-order valence-corrected chi connectivity index (χ1v) is 8.43. The molecule has 1 aromatic heterocycles. The van der Waals surface area contributed by atoms with Crippen LogP contribution in [0, 0.1) is 25.7 Å². The first-order chi connectivity index (χ1) is 10.4. The van der Waals surface area contributed by atoms with Crippen LogP contribution in [0.15, 0.2) is 0 Å². The number of rotatable bonds is 6. The van der Waals surface area contributed by atoms with Crippen LogP contribution in [0.4, 0.5) is 0 Å². The van der Waals surface area contributed by atoms with Crippen molar-refractivity contribution in [2.75, 3.05) is 19.6 Å². The molecule has 2 heterocycles. The smallest absolute Gasteiger partial charge is 0.222 e. The molecule has 0 saturated carbocycles. The summed E-state index contributed by atoms with van der Waals surface area (Å²) in [5, 5.41) is 4.63. The van der Waals surface area contributed by atoms with Crippen molar-refractivity contribution in [3.05, 3.63) is 17.0 Å². The van der Waals surface area contributed by atoms with Crippen LogP contribution >= 0.6 is 0 Å². The van der Waals surface area contributed by atoms with Crippen molar-refractivity contribution >= 4 is 5.91 Å². The van der Waals surface area contributed by atoms with Gasteiger partial charge >= 0.3 is 0 Å². The number of amides is 1. The second-order valence-corrected chi connectivity index (χ2v) is 6.96. The van der Waals surface area contributed by atoms with Crippen LogP contribution in [0.1, 0.15) is 43.6 Å². The highest BCUT2D eigenvalue weighted by Crippen LogP contribution is 2.19. The molecular formula is C17H30N4O. The van der Waals surface area contributed by atoms with Crippen LogP contribution in [0.5, 0.6) is 0 Å². The Kier molecular flexibility index (Phi) is 5.62. The van der Waals surface area contributed by atoms with E-state index in [1.54, 1.807) is 0 Å². The summed E-state index contributed by atoms with van der Waals surface area (Å²) >= 11 is 0. The van der Waals surface area contributed by atoms with E-state index in [0.29, 0.717) is 24.8 Å². The van der Waals surface area contributed by atoms with Crippen molar-refractivity contribution in [1.29, 1.82) is 0 Å². The normalized spacial score (nSPS) is 18.5. The monoisotopic (exact) mass is 306 g/mol. The summed E-state index contributed by atoms with van der Waals surface area (Å²) in [6.07, 6.45) is 2.41. The Morgan fingerprint density at radius 1 is 1.41 bits per heavy atom. The Labute approximate surface area is 133 Å². The maximum Gasteiger partial charge on any atom is 0.222 e. The van der Waals surface area contributed by atoms with Gasteiger partial charge in [-0.25, -0.2) is 0 Å². The zero-order chi connectivity index (χ0) is 16.3. The summed E-state index contributed by atoms with van der Waals surface area (Å²) in [7, 11) is 0. The molecule has 0 radical (unpaired) electrons. The van der Waals surface area contributed by atoms with Gasteiger partial charge in [0.25, 0.3) is 0 Å². The second-order valence-electron chi connectivity index (χ2n) is 6.96. The molecule has 5 nitrogen and oxygen atoms in total. The maximum absolute atomic E-state index is 12.3. The highest BCUT2D eigenvalue weighted by atomic mass is 16.2. The summed E-state index contributed by atoms with van der Waals surface area (Å²) < 4.78 is 2.08. The number of nitrogens with zero attached hydrogens (tertiary/aromatic N) is 3. The predicted octanol–water partition coefficient (Wildman–Crippen LogP) is 1.90. The Bertz CT molecular complexity index is 521. The lowest BCUT2D eigenvalue weighted by molar-refractivity contribution is -0.130. The minimum Gasteiger partial charge on any atom is -0.342 e. The molecule has 1 aromatic rings. The summed E-state index contributed by atoms with van der Waals surface area (Å²) in [5.41, 5.74) is 9.20. The Morgan fingerprint density at radius 3 is 2.73 bits per heavy atom. The molecule has 1 saturated heterocycles. The topological polar surface area (TPSA) is 64.2 Å². The van der Waals surface area contributed by atoms with Gasteiger partial charge in [-0.3, -0.25) is 9.48 Å². The first kappa shape index (κ1) is 17.0. The molecule has 1 aliphatic rings. The van der Waals surface area contributed by atoms with Crippen molar-refractivity contribution in [3.63, 3.8) is 0 Å². The van der Waals surface area contributed by atoms with Crippen LogP contribution < -0.4 is 5.73 Å². The number of likely N-dealkylation sites (tertiary alicyclic amines) is 1. The molecule has 5 heteroatoms. The molecule has 0 bridgehead atoms. The molecule has 1 fully saturated rings. The van der Waals surface area contributed by atoms with E-state index in [-0.39, 0.29) is 5.91 Å². The fourth-order valence-electron chi connectivity index (χ4n) is 3.26. The minimum atomic E-state index is 0.256. The summed E-state index contributed by atoms with van der Waals surface area (Å²) in [6.45, 7) is 11.9. The number of aryl methyl sites for hydroxylation is 1. The van der Waals surface area contributed by atoms with Crippen LogP contribution in [0.3, 0.4) is 0 Å². The van der Waals surface area contributed by atoms with Gasteiger partial charge in [-0.05, 0) is 50.6 Å². The molecule has 0 unspecified atom stereocenters. The van der Waals surface area contributed by atoms with Crippen LogP contribution in [0.2, 0.25) is 0 Å². The van der Waals surface area contributed by atoms with E-state index in [4.69, 9.17) is 5.73 Å². The number of aromatic nitrogens is 2. The average Bonchev–Trinajstić information content (AvgIpc) is 3.03. The Morgan fingerprint density at radius 2 is 2.14 bits per heavy atom. The van der Waals surface area contributed by atoms with E-state index in [0.717, 1.165) is 38.2 Å². The summed E-state index contributed by atoms with van der Waals surface area (Å²) in [6, 6.07) is 0. The number of hydrogen-bond donors (Lipinski definition) is 1. The van der Waals surface area contributed by atoms with E-state index < -0.39 is 0 Å². The van der Waals surface area contributed by atoms with Crippen LogP contribution in [0.25, 0.3) is 0 Å². The van der Waals surface area contributed by atoms with Crippen LogP contribution in [-0.4, -0.2) is 40.2 Å². The lowest BCUT2D eigenvalue weighted by Crippen LogP contribution is -2.30. The van der Waals surface area contributed by atoms with E-state index in [2.05, 4.69) is 30.6 Å². The lowest BCUT2D eigenvalue weighted by Gasteiger charge is -2.16. The van der Waals surface area contributed by atoms with Gasteiger partial charge in [0.1, 0.15) is 0 Å². The molecule has 1 atom stereocenters. The average molecular weight is 306 g/mol. The molecule has 2 rings (SSSR count). The van der Waals surface area contributed by atoms with Crippen LogP contribution in [-0.2, 0) is 17.8 Å². The molecule has 1 aliphatic heterocycles. The molecular weight excluding hydrogens is 276 g/mol. The quantitative estimate of drug-likeness (QED) is 0.873. The minimum absolute atomic E-state index is 0.256. The highest BCUT2D eigenvalue weighted by molar-refractivity contribution is 5.76. The highest BCUT2D eigenvalue weighted by Gasteiger charge is 2.25. The van der Waals surface area contributed by atoms with E-state index in [9.17, 15) is 4.79 Å². The Balaban J connectivity index is 1.94. The number of carbonyl (C=O) groups excluding carboxylic acids is 1. The number of nitrogens with two attached hydrogens (primary N) is 1. The third-order valence-electron chi connectivity index (χ3n) is 4.63. The summed E-state index contributed by atoms with van der Waals surface area (Å²) in [5.74, 6) is 1.32. The lowest BCUT2D eigenvalue weighted by atomic mass is 10.1. The standard InChI is InChI=1S/C17H30N4O/c1-12(2)10-21-14(4)16(13(3)19-21)5-6-17(22)20-8-7-15(9-18)11-20/h12,15H,5-11,18H2,1-4H3/t15-/m0/s1. The van der Waals surface area contributed by atoms with Crippen molar-refractivity contribution in [2.45, 2.75) is 53.5 Å². The molecule has 0 aliphatic carbocycles. The zero-order valence-electron chi connectivity index (χ0n) is 14.4. The third kappa shape index (κ3) is 3.88. The van der Waals surface area contributed by atoms with E-state index in [1.165, 1.54) is 11.3 Å². The number of hydrogen-bond acceptors (Lipinski definition) is 3. The van der Waals surface area contributed by atoms with Crippen molar-refractivity contribution in [3.8, 4) is 0 Å². The molecule has 1 amide bonds. The van der Waals surface area contributed by atoms with Gasteiger partial charge < -0.3 is 10.6 Å². The maximum atomic E-state index is 12.3. The molecule has 2 N–H and O–H groups in total. The third-order valence-corrected chi connectivity index (χ3v) is 4.63. The van der Waals surface area contributed by atoms with Gasteiger partial charge in [-0.2, -0.15) is 5.10 Å². The molecule has 0 aromatic carbocycles. The zero-order valence-corrected chi connectivity index (χ0v) is 14.4. The van der Waals surface area contributed by atoms with Gasteiger partial charge in [-0.1, -0.05) is 13.8 Å². The summed E-state index contributed by atoms with van der Waals surface area (Å²) in [4.78, 5) is 14.3. The molecule has 22 heavy (non-hydrogen) atoms. The van der Waals surface area contributed by atoms with Crippen molar-refractivity contribution in [1.82, 2.24) is 14.7 Å². The fourth-order valence-corrected chi connectivity index (χ4v) is 3.26. The first-order valence-electron chi connectivity index (χ1n) is 8.43. The largest absolute Gasteiger partial charge is 0.342 e. The van der Waals surface area contributed by atoms with E-state index >= 15 is 0 Å². The SMILES string of the molecule is Cc1nn(CC(C)C)c(C)c1CCC(=O)N1CC[C@@H](CN)C1. The second kappa shape index (κ2) is 7.27. The van der Waals surface area contributed by atoms with Crippen molar-refractivity contribution < 1.29 is 4.79 Å². The van der Waals surface area contributed by atoms with Gasteiger partial charge in [0.15, 0.2) is 0 Å². The molecule has 0 spiro atoms. The van der Waals surface area contributed by atoms with Crippen molar-refractivity contribution in [2.24, 2.45) is 17.6 Å². The van der Waals surface area contributed by atoms with Gasteiger partial charge in [-0.15, -0.1) is 0 Å². The van der Waals surface area contributed by atoms with E-state index in [1.807, 2.05) is 11.8 Å². The fraction of sp³-hybridized carbons (Fsp3) is 0.765. The number of carbonyl (C=O) groups is 1.